The van der Waals surface area contributed by atoms with Crippen LogP contribution < -0.4 is 4.74 Å². The Bertz CT molecular complexity index is 483. The van der Waals surface area contributed by atoms with Gasteiger partial charge in [0.2, 0.25) is 0 Å². The second kappa shape index (κ2) is 3.67. The first-order valence-corrected chi connectivity index (χ1v) is 5.56. The number of methoxy groups -OCH3 is 1. The van der Waals surface area contributed by atoms with Crippen molar-refractivity contribution in [2.75, 3.05) is 7.11 Å². The molecule has 0 aliphatic heterocycles. The van der Waals surface area contributed by atoms with E-state index in [1.54, 1.807) is 7.11 Å². The third kappa shape index (κ3) is 1.69. The Morgan fingerprint density at radius 1 is 1.25 bits per heavy atom. The summed E-state index contributed by atoms with van der Waals surface area (Å²) in [6.45, 7) is 0. The molecule has 3 heteroatoms. The molecule has 1 saturated carbocycles. The highest BCUT2D eigenvalue weighted by Gasteiger charge is 2.25. The molecule has 1 N–H and O–H groups in total. The molecule has 1 aliphatic carbocycles. The summed E-state index contributed by atoms with van der Waals surface area (Å²) >= 11 is 0. The van der Waals surface area contributed by atoms with E-state index in [1.807, 2.05) is 30.5 Å². The lowest BCUT2D eigenvalue weighted by molar-refractivity contribution is 0.415. The van der Waals surface area contributed by atoms with Gasteiger partial charge in [0.15, 0.2) is 0 Å². The number of aromatic nitrogens is 2. The molecule has 1 aromatic carbocycles. The van der Waals surface area contributed by atoms with Crippen LogP contribution >= 0.6 is 0 Å². The largest absolute Gasteiger partial charge is 0.497 e. The first kappa shape index (κ1) is 9.46. The van der Waals surface area contributed by atoms with Crippen LogP contribution in [0, 0.1) is 0 Å². The first-order valence-electron chi connectivity index (χ1n) is 5.56. The normalized spacial score (nSPS) is 15.1. The molecule has 0 unspecified atom stereocenters. The maximum absolute atomic E-state index is 5.13. The van der Waals surface area contributed by atoms with Crippen molar-refractivity contribution in [2.24, 2.45) is 0 Å². The summed E-state index contributed by atoms with van der Waals surface area (Å²) in [6.07, 6.45) is 4.55. The zero-order valence-corrected chi connectivity index (χ0v) is 9.23. The van der Waals surface area contributed by atoms with Crippen molar-refractivity contribution in [1.29, 1.82) is 0 Å². The molecular formula is C13H14N2O. The fourth-order valence-corrected chi connectivity index (χ4v) is 1.83. The number of H-pyrrole nitrogens is 1. The maximum atomic E-state index is 5.13. The Kier molecular flexibility index (Phi) is 2.17. The van der Waals surface area contributed by atoms with Gasteiger partial charge < -0.3 is 9.72 Å². The monoisotopic (exact) mass is 214 g/mol. The van der Waals surface area contributed by atoms with E-state index in [-0.39, 0.29) is 0 Å². The third-order valence-electron chi connectivity index (χ3n) is 2.98. The summed E-state index contributed by atoms with van der Waals surface area (Å²) in [5, 5.41) is 0. The third-order valence-corrected chi connectivity index (χ3v) is 2.98. The van der Waals surface area contributed by atoms with Crippen LogP contribution in [0.15, 0.2) is 30.5 Å². The zero-order chi connectivity index (χ0) is 11.0. The smallest absolute Gasteiger partial charge is 0.137 e. The van der Waals surface area contributed by atoms with Crippen LogP contribution in [0.3, 0.4) is 0 Å². The van der Waals surface area contributed by atoms with Crippen molar-refractivity contribution in [3.8, 4) is 17.1 Å². The van der Waals surface area contributed by atoms with Gasteiger partial charge in [0.1, 0.15) is 11.6 Å². The molecule has 1 aromatic heterocycles. The van der Waals surface area contributed by atoms with Crippen LogP contribution in [-0.2, 0) is 0 Å². The van der Waals surface area contributed by atoms with E-state index < -0.39 is 0 Å². The predicted molar refractivity (Wildman–Crippen MR) is 62.6 cm³/mol. The number of aromatic amines is 1. The molecule has 3 rings (SSSR count). The van der Waals surface area contributed by atoms with Gasteiger partial charge in [-0.05, 0) is 37.1 Å². The minimum atomic E-state index is 0.722. The maximum Gasteiger partial charge on any atom is 0.137 e. The van der Waals surface area contributed by atoms with Gasteiger partial charge in [0, 0.05) is 23.4 Å². The second-order valence-electron chi connectivity index (χ2n) is 4.19. The number of imidazole rings is 1. The fraction of sp³-hybridized carbons (Fsp3) is 0.308. The van der Waals surface area contributed by atoms with Crippen molar-refractivity contribution in [3.05, 3.63) is 36.2 Å². The van der Waals surface area contributed by atoms with E-state index in [2.05, 4.69) is 9.97 Å². The molecule has 16 heavy (non-hydrogen) atoms. The number of ether oxygens (including phenoxy) is 1. The molecule has 1 aliphatic rings. The molecule has 0 saturated heterocycles. The second-order valence-corrected chi connectivity index (χ2v) is 4.19. The predicted octanol–water partition coefficient (Wildman–Crippen LogP) is 2.96. The summed E-state index contributed by atoms with van der Waals surface area (Å²) in [7, 11) is 1.67. The highest BCUT2D eigenvalue weighted by Crippen LogP contribution is 2.39. The molecule has 0 radical (unpaired) electrons. The molecule has 82 valence electrons. The van der Waals surface area contributed by atoms with E-state index in [0.29, 0.717) is 0 Å². The Hall–Kier alpha value is -1.77. The highest BCUT2D eigenvalue weighted by atomic mass is 16.5. The molecule has 0 amide bonds. The SMILES string of the molecule is COc1ccc(-c2ncc(C3CC3)[nH]2)cc1. The lowest BCUT2D eigenvalue weighted by atomic mass is 10.2. The van der Waals surface area contributed by atoms with E-state index in [1.165, 1.54) is 18.5 Å². The quantitative estimate of drug-likeness (QED) is 0.853. The number of hydrogen-bond donors (Lipinski definition) is 1. The average Bonchev–Trinajstić information content (AvgIpc) is 3.08. The molecule has 0 atom stereocenters. The van der Waals surface area contributed by atoms with E-state index in [4.69, 9.17) is 4.74 Å². The van der Waals surface area contributed by atoms with E-state index in [9.17, 15) is 0 Å². The van der Waals surface area contributed by atoms with Gasteiger partial charge in [0.25, 0.3) is 0 Å². The molecule has 0 spiro atoms. The van der Waals surface area contributed by atoms with Crippen molar-refractivity contribution in [1.82, 2.24) is 9.97 Å². The number of rotatable bonds is 3. The van der Waals surface area contributed by atoms with Crippen molar-refractivity contribution in [2.45, 2.75) is 18.8 Å². The summed E-state index contributed by atoms with van der Waals surface area (Å²) in [6, 6.07) is 7.95. The molecule has 1 fully saturated rings. The van der Waals surface area contributed by atoms with E-state index >= 15 is 0 Å². The van der Waals surface area contributed by atoms with Crippen LogP contribution in [0.2, 0.25) is 0 Å². The topological polar surface area (TPSA) is 37.9 Å². The Morgan fingerprint density at radius 3 is 2.62 bits per heavy atom. The van der Waals surface area contributed by atoms with Crippen molar-refractivity contribution in [3.63, 3.8) is 0 Å². The van der Waals surface area contributed by atoms with Crippen LogP contribution in [-0.4, -0.2) is 17.1 Å². The molecule has 0 bridgehead atoms. The summed E-state index contributed by atoms with van der Waals surface area (Å²) in [5.74, 6) is 2.54. The highest BCUT2D eigenvalue weighted by molar-refractivity contribution is 5.56. The number of benzene rings is 1. The fourth-order valence-electron chi connectivity index (χ4n) is 1.83. The minimum absolute atomic E-state index is 0.722. The standard InChI is InChI=1S/C13H14N2O/c1-16-11-6-4-10(5-7-11)13-14-8-12(15-13)9-2-3-9/h4-9H,2-3H2,1H3,(H,14,15). The summed E-state index contributed by atoms with van der Waals surface area (Å²) < 4.78 is 5.13. The lowest BCUT2D eigenvalue weighted by Gasteiger charge is -2.00. The van der Waals surface area contributed by atoms with Gasteiger partial charge in [0.05, 0.1) is 7.11 Å². The Morgan fingerprint density at radius 2 is 2.00 bits per heavy atom. The first-order chi connectivity index (χ1) is 7.86. The van der Waals surface area contributed by atoms with Crippen LogP contribution in [0.4, 0.5) is 0 Å². The summed E-state index contributed by atoms with van der Waals surface area (Å²) in [4.78, 5) is 7.78. The van der Waals surface area contributed by atoms with Gasteiger partial charge in [-0.1, -0.05) is 0 Å². The average molecular weight is 214 g/mol. The number of nitrogens with one attached hydrogen (secondary N) is 1. The summed E-state index contributed by atoms with van der Waals surface area (Å²) in [5.41, 5.74) is 2.37. The van der Waals surface area contributed by atoms with Gasteiger partial charge in [-0.25, -0.2) is 4.98 Å². The van der Waals surface area contributed by atoms with Gasteiger partial charge in [-0.3, -0.25) is 0 Å². The Balaban J connectivity index is 1.88. The molecule has 3 nitrogen and oxygen atoms in total. The molecule has 2 aromatic rings. The van der Waals surface area contributed by atoms with Crippen molar-refractivity contribution < 1.29 is 4.74 Å². The Labute approximate surface area is 94.5 Å². The number of hydrogen-bond acceptors (Lipinski definition) is 2. The van der Waals surface area contributed by atoms with Crippen molar-refractivity contribution >= 4 is 0 Å². The molecule has 1 heterocycles. The van der Waals surface area contributed by atoms with E-state index in [0.717, 1.165) is 23.1 Å². The van der Waals surface area contributed by atoms with Crippen LogP contribution in [0.5, 0.6) is 5.75 Å². The van der Waals surface area contributed by atoms with Gasteiger partial charge in [-0.15, -0.1) is 0 Å². The molecular weight excluding hydrogens is 200 g/mol. The lowest BCUT2D eigenvalue weighted by Crippen LogP contribution is -1.84. The van der Waals surface area contributed by atoms with Gasteiger partial charge in [-0.2, -0.15) is 0 Å². The number of nitrogens with zero attached hydrogens (tertiary/aromatic N) is 1. The van der Waals surface area contributed by atoms with Crippen LogP contribution in [0.1, 0.15) is 24.5 Å². The van der Waals surface area contributed by atoms with Gasteiger partial charge >= 0.3 is 0 Å². The van der Waals surface area contributed by atoms with Crippen LogP contribution in [0.25, 0.3) is 11.4 Å². The zero-order valence-electron chi connectivity index (χ0n) is 9.23. The minimum Gasteiger partial charge on any atom is -0.497 e.